The number of rotatable bonds is 5. The van der Waals surface area contributed by atoms with Gasteiger partial charge < -0.3 is 15.6 Å². The van der Waals surface area contributed by atoms with Crippen molar-refractivity contribution in [2.24, 2.45) is 11.1 Å². The third-order valence-electron chi connectivity index (χ3n) is 7.12. The van der Waals surface area contributed by atoms with Crippen molar-refractivity contribution < 1.29 is 23.4 Å². The topological polar surface area (TPSA) is 75.8 Å². The standard InChI is InChI=1S/C25H28Cl2F2N2O3/c1-23(2,12-32)11-18-25(30,15-9-8-13(26)10-17(15)28)19(14-6-5-7-16(27)20(14)29)21-22(33)34-24(3,4)31(18)21/h5-10,18-19,21,32H,11-12,30H2,1-4H3/t18-,19-,21+,25+/m0/s1. The molecule has 4 atom stereocenters. The molecule has 2 aliphatic heterocycles. The highest BCUT2D eigenvalue weighted by Gasteiger charge is 2.69. The Kier molecular flexibility index (Phi) is 6.27. The van der Waals surface area contributed by atoms with Gasteiger partial charge in [-0.3, -0.25) is 4.79 Å². The maximum atomic E-state index is 15.5. The number of aliphatic hydroxyl groups excluding tert-OH is 1. The number of esters is 1. The molecule has 2 aromatic carbocycles. The fraction of sp³-hybridized carbons (Fsp3) is 0.480. The maximum absolute atomic E-state index is 15.5. The van der Waals surface area contributed by atoms with Crippen LogP contribution in [0.2, 0.25) is 10.0 Å². The van der Waals surface area contributed by atoms with Crippen LogP contribution in [0, 0.1) is 17.0 Å². The normalized spacial score (nSPS) is 28.8. The summed E-state index contributed by atoms with van der Waals surface area (Å²) >= 11 is 12.1. The lowest BCUT2D eigenvalue weighted by molar-refractivity contribution is -0.153. The molecular weight excluding hydrogens is 485 g/mol. The van der Waals surface area contributed by atoms with Crippen LogP contribution in [0.3, 0.4) is 0 Å². The molecule has 0 aliphatic carbocycles. The van der Waals surface area contributed by atoms with Crippen LogP contribution in [0.1, 0.15) is 51.2 Å². The van der Waals surface area contributed by atoms with Crippen LogP contribution in [0.5, 0.6) is 0 Å². The number of aliphatic hydroxyl groups is 1. The van der Waals surface area contributed by atoms with Crippen LogP contribution >= 0.6 is 23.2 Å². The van der Waals surface area contributed by atoms with Gasteiger partial charge in [-0.2, -0.15) is 0 Å². The minimum absolute atomic E-state index is 0.0954. The van der Waals surface area contributed by atoms with Crippen LogP contribution in [-0.4, -0.2) is 40.4 Å². The predicted molar refractivity (Wildman–Crippen MR) is 126 cm³/mol. The first kappa shape index (κ1) is 25.3. The van der Waals surface area contributed by atoms with E-state index in [1.165, 1.54) is 24.3 Å². The molecule has 0 unspecified atom stereocenters. The molecule has 0 amide bonds. The van der Waals surface area contributed by atoms with Crippen molar-refractivity contribution >= 4 is 29.2 Å². The Hall–Kier alpha value is -1.77. The number of hydrogen-bond donors (Lipinski definition) is 2. The monoisotopic (exact) mass is 512 g/mol. The van der Waals surface area contributed by atoms with Gasteiger partial charge in [0.2, 0.25) is 0 Å². The summed E-state index contributed by atoms with van der Waals surface area (Å²) in [5, 5.41) is 10.1. The second kappa shape index (κ2) is 8.42. The van der Waals surface area contributed by atoms with Gasteiger partial charge in [0.05, 0.1) is 10.6 Å². The molecule has 0 radical (unpaired) electrons. The Morgan fingerprint density at radius 3 is 2.50 bits per heavy atom. The Morgan fingerprint density at radius 2 is 1.88 bits per heavy atom. The second-order valence-electron chi connectivity index (χ2n) is 10.4. The van der Waals surface area contributed by atoms with Gasteiger partial charge in [0.1, 0.15) is 17.7 Å². The third kappa shape index (κ3) is 3.82. The fourth-order valence-electron chi connectivity index (χ4n) is 5.60. The molecule has 9 heteroatoms. The minimum Gasteiger partial charge on any atom is -0.443 e. The van der Waals surface area contributed by atoms with Crippen molar-refractivity contribution in [1.29, 1.82) is 0 Å². The highest BCUT2D eigenvalue weighted by Crippen LogP contribution is 2.58. The summed E-state index contributed by atoms with van der Waals surface area (Å²) in [5.74, 6) is -3.00. The molecule has 2 saturated heterocycles. The van der Waals surface area contributed by atoms with Gasteiger partial charge >= 0.3 is 5.97 Å². The van der Waals surface area contributed by atoms with Gasteiger partial charge in [0.15, 0.2) is 5.72 Å². The molecule has 184 valence electrons. The van der Waals surface area contributed by atoms with Gasteiger partial charge in [-0.05, 0) is 49.4 Å². The molecule has 2 aliphatic rings. The van der Waals surface area contributed by atoms with Crippen molar-refractivity contribution in [3.8, 4) is 0 Å². The van der Waals surface area contributed by atoms with E-state index in [2.05, 4.69) is 0 Å². The smallest absolute Gasteiger partial charge is 0.325 e. The number of hydrogen-bond acceptors (Lipinski definition) is 5. The Morgan fingerprint density at radius 1 is 1.21 bits per heavy atom. The number of carbonyl (C=O) groups excluding carboxylic acids is 1. The van der Waals surface area contributed by atoms with Crippen molar-refractivity contribution in [2.45, 2.75) is 63.4 Å². The molecule has 2 fully saturated rings. The van der Waals surface area contributed by atoms with E-state index in [0.29, 0.717) is 0 Å². The lowest BCUT2D eigenvalue weighted by Crippen LogP contribution is -2.57. The van der Waals surface area contributed by atoms with E-state index in [1.807, 2.05) is 13.8 Å². The summed E-state index contributed by atoms with van der Waals surface area (Å²) in [6.45, 7) is 6.96. The van der Waals surface area contributed by atoms with E-state index in [4.69, 9.17) is 33.7 Å². The molecular formula is C25H28Cl2F2N2O3. The van der Waals surface area contributed by atoms with Gasteiger partial charge in [0, 0.05) is 29.2 Å². The van der Waals surface area contributed by atoms with Crippen LogP contribution in [0.15, 0.2) is 36.4 Å². The zero-order valence-corrected chi connectivity index (χ0v) is 20.9. The number of carbonyl (C=O) groups is 1. The number of nitrogens with two attached hydrogens (primary N) is 1. The van der Waals surface area contributed by atoms with Crippen LogP contribution in [0.4, 0.5) is 8.78 Å². The summed E-state index contributed by atoms with van der Waals surface area (Å²) in [4.78, 5) is 15.0. The first-order valence-corrected chi connectivity index (χ1v) is 11.8. The quantitative estimate of drug-likeness (QED) is 0.553. The van der Waals surface area contributed by atoms with E-state index in [0.717, 1.165) is 6.07 Å². The number of cyclic esters (lactones) is 1. The minimum atomic E-state index is -1.59. The molecule has 4 rings (SSSR count). The van der Waals surface area contributed by atoms with E-state index in [1.54, 1.807) is 24.8 Å². The third-order valence-corrected chi connectivity index (χ3v) is 7.65. The zero-order valence-electron chi connectivity index (χ0n) is 19.4. The number of fused-ring (bicyclic) bond motifs is 1. The number of nitrogens with zero attached hydrogens (tertiary/aromatic N) is 1. The van der Waals surface area contributed by atoms with Gasteiger partial charge in [0.25, 0.3) is 0 Å². The number of halogens is 4. The number of ether oxygens (including phenoxy) is 1. The molecule has 5 nitrogen and oxygen atoms in total. The Balaban J connectivity index is 2.06. The summed E-state index contributed by atoms with van der Waals surface area (Å²) in [6, 6.07) is 6.92. The zero-order chi connectivity index (χ0) is 25.2. The van der Waals surface area contributed by atoms with E-state index >= 15 is 8.78 Å². The molecule has 0 spiro atoms. The fourth-order valence-corrected chi connectivity index (χ4v) is 5.94. The van der Waals surface area contributed by atoms with E-state index in [9.17, 15) is 9.90 Å². The highest BCUT2D eigenvalue weighted by atomic mass is 35.5. The van der Waals surface area contributed by atoms with Crippen LogP contribution < -0.4 is 5.73 Å². The summed E-state index contributed by atoms with van der Waals surface area (Å²) < 4.78 is 36.7. The molecule has 3 N–H and O–H groups in total. The molecule has 0 saturated carbocycles. The van der Waals surface area contributed by atoms with Gasteiger partial charge in [-0.25, -0.2) is 13.7 Å². The first-order chi connectivity index (χ1) is 15.7. The second-order valence-corrected chi connectivity index (χ2v) is 11.3. The maximum Gasteiger partial charge on any atom is 0.325 e. The average molecular weight is 513 g/mol. The van der Waals surface area contributed by atoms with Gasteiger partial charge in [-0.1, -0.05) is 55.2 Å². The van der Waals surface area contributed by atoms with Crippen LogP contribution in [0.25, 0.3) is 0 Å². The van der Waals surface area contributed by atoms with E-state index in [-0.39, 0.29) is 34.2 Å². The SMILES string of the molecule is CC(C)(CO)C[C@@H]1N2[C@@H](C(=O)OC2(C)C)[C@H](c2cccc(Cl)c2F)[C@@]1(N)c1ccc(Cl)cc1F. The van der Waals surface area contributed by atoms with Crippen molar-refractivity contribution in [2.75, 3.05) is 6.61 Å². The molecule has 0 aromatic heterocycles. The van der Waals surface area contributed by atoms with Crippen LogP contribution in [-0.2, 0) is 15.1 Å². The molecule has 2 aromatic rings. The summed E-state index contributed by atoms with van der Waals surface area (Å²) in [7, 11) is 0. The van der Waals surface area contributed by atoms with Crippen molar-refractivity contribution in [1.82, 2.24) is 4.90 Å². The predicted octanol–water partition coefficient (Wildman–Crippen LogP) is 4.96. The highest BCUT2D eigenvalue weighted by molar-refractivity contribution is 6.31. The molecule has 0 bridgehead atoms. The molecule has 34 heavy (non-hydrogen) atoms. The largest absolute Gasteiger partial charge is 0.443 e. The summed E-state index contributed by atoms with van der Waals surface area (Å²) in [6.07, 6.45) is 0.275. The number of benzene rings is 2. The van der Waals surface area contributed by atoms with Crippen molar-refractivity contribution in [3.63, 3.8) is 0 Å². The lowest BCUT2D eigenvalue weighted by Gasteiger charge is -2.44. The molecule has 2 heterocycles. The van der Waals surface area contributed by atoms with Crippen molar-refractivity contribution in [3.05, 3.63) is 69.2 Å². The average Bonchev–Trinajstić information content (AvgIpc) is 3.12. The Bertz CT molecular complexity index is 1140. The first-order valence-electron chi connectivity index (χ1n) is 11.0. The Labute approximate surface area is 207 Å². The summed E-state index contributed by atoms with van der Waals surface area (Å²) in [5.41, 5.74) is 4.04. The van der Waals surface area contributed by atoms with E-state index < -0.39 is 52.3 Å². The lowest BCUT2D eigenvalue weighted by atomic mass is 9.68. The van der Waals surface area contributed by atoms with Gasteiger partial charge in [-0.15, -0.1) is 0 Å².